The summed E-state index contributed by atoms with van der Waals surface area (Å²) in [6.45, 7) is 0. The van der Waals surface area contributed by atoms with E-state index in [0.717, 1.165) is 22.9 Å². The topological polar surface area (TPSA) is 17.1 Å². The van der Waals surface area contributed by atoms with Gasteiger partial charge in [0.05, 0.1) is 0 Å². The molecule has 0 heterocycles. The third-order valence-corrected chi connectivity index (χ3v) is 3.88. The third kappa shape index (κ3) is 4.31. The summed E-state index contributed by atoms with van der Waals surface area (Å²) in [7, 11) is 0. The lowest BCUT2D eigenvalue weighted by atomic mass is 9.99. The fraction of sp³-hybridized carbons (Fsp3) is 0.278. The van der Waals surface area contributed by atoms with E-state index in [1.807, 2.05) is 48.5 Å². The number of aryl methyl sites for hydroxylation is 1. The number of unbranched alkanes of at least 4 members (excludes halogenated alkanes) is 2. The minimum Gasteiger partial charge on any atom is -0.289 e. The Labute approximate surface area is 129 Å². The van der Waals surface area contributed by atoms with Crippen LogP contribution in [0.3, 0.4) is 0 Å². The van der Waals surface area contributed by atoms with Crippen LogP contribution in [-0.2, 0) is 6.42 Å². The molecule has 0 aromatic heterocycles. The van der Waals surface area contributed by atoms with Gasteiger partial charge in [-0.25, -0.2) is 0 Å². The van der Waals surface area contributed by atoms with Crippen molar-refractivity contribution in [3.63, 3.8) is 0 Å². The van der Waals surface area contributed by atoms with Gasteiger partial charge in [-0.3, -0.25) is 4.79 Å². The van der Waals surface area contributed by atoms with E-state index < -0.39 is 0 Å². The number of hydrogen-bond donors (Lipinski definition) is 0. The number of benzene rings is 2. The predicted molar refractivity (Wildman–Crippen MR) is 87.7 cm³/mol. The van der Waals surface area contributed by atoms with Gasteiger partial charge >= 0.3 is 0 Å². The van der Waals surface area contributed by atoms with Crippen LogP contribution in [0.25, 0.3) is 0 Å². The van der Waals surface area contributed by atoms with Crippen LogP contribution < -0.4 is 0 Å². The number of alkyl halides is 1. The zero-order valence-electron chi connectivity index (χ0n) is 11.5. The number of hydrogen-bond acceptors (Lipinski definition) is 1. The van der Waals surface area contributed by atoms with Gasteiger partial charge < -0.3 is 0 Å². The maximum Gasteiger partial charge on any atom is 0.193 e. The zero-order valence-corrected chi connectivity index (χ0v) is 13.1. The Morgan fingerprint density at radius 3 is 2.35 bits per heavy atom. The van der Waals surface area contributed by atoms with Gasteiger partial charge in [0.1, 0.15) is 0 Å². The second-order valence-corrected chi connectivity index (χ2v) is 5.69. The lowest BCUT2D eigenvalue weighted by molar-refractivity contribution is 0.103. The van der Waals surface area contributed by atoms with E-state index in [9.17, 15) is 4.79 Å². The normalized spacial score (nSPS) is 10.4. The first-order valence-corrected chi connectivity index (χ1v) is 8.18. The van der Waals surface area contributed by atoms with Gasteiger partial charge in [-0.2, -0.15) is 0 Å². The van der Waals surface area contributed by atoms with E-state index >= 15 is 0 Å². The van der Waals surface area contributed by atoms with Crippen molar-refractivity contribution in [2.75, 3.05) is 5.33 Å². The molecule has 0 amide bonds. The molecular weight excluding hydrogens is 312 g/mol. The minimum absolute atomic E-state index is 0.105. The molecule has 2 aromatic carbocycles. The summed E-state index contributed by atoms with van der Waals surface area (Å²) in [4.78, 5) is 12.4. The Kier molecular flexibility index (Phi) is 6.00. The van der Waals surface area contributed by atoms with Gasteiger partial charge in [0.25, 0.3) is 0 Å². The maximum atomic E-state index is 12.4. The van der Waals surface area contributed by atoms with Crippen molar-refractivity contribution in [1.29, 1.82) is 0 Å². The molecule has 2 aromatic rings. The highest BCUT2D eigenvalue weighted by molar-refractivity contribution is 9.09. The summed E-state index contributed by atoms with van der Waals surface area (Å²) in [6, 6.07) is 17.5. The van der Waals surface area contributed by atoms with Gasteiger partial charge in [-0.1, -0.05) is 70.9 Å². The highest BCUT2D eigenvalue weighted by Gasteiger charge is 2.08. The predicted octanol–water partition coefficient (Wildman–Crippen LogP) is 5.03. The van der Waals surface area contributed by atoms with Gasteiger partial charge in [0, 0.05) is 16.5 Å². The molecule has 104 valence electrons. The average molecular weight is 331 g/mol. The first kappa shape index (κ1) is 15.0. The number of halogens is 1. The van der Waals surface area contributed by atoms with E-state index in [0.29, 0.717) is 0 Å². The van der Waals surface area contributed by atoms with Crippen LogP contribution in [0.1, 0.15) is 40.7 Å². The van der Waals surface area contributed by atoms with E-state index in [1.54, 1.807) is 0 Å². The van der Waals surface area contributed by atoms with E-state index in [2.05, 4.69) is 22.0 Å². The number of carbonyl (C=O) groups is 1. The lowest BCUT2D eigenvalue weighted by Crippen LogP contribution is -2.01. The van der Waals surface area contributed by atoms with Crippen molar-refractivity contribution >= 4 is 21.7 Å². The smallest absolute Gasteiger partial charge is 0.193 e. The standard InChI is InChI=1S/C18H19BrO/c19-13-6-2-3-8-15-9-7-12-17(14-15)18(20)16-10-4-1-5-11-16/h1,4-5,7,9-12,14H,2-3,6,8,13H2. The molecular formula is C18H19BrO. The van der Waals surface area contributed by atoms with Crippen LogP contribution in [0.15, 0.2) is 54.6 Å². The van der Waals surface area contributed by atoms with E-state index in [-0.39, 0.29) is 5.78 Å². The largest absolute Gasteiger partial charge is 0.289 e. The number of ketones is 1. The van der Waals surface area contributed by atoms with Crippen molar-refractivity contribution in [3.05, 3.63) is 71.3 Å². The molecule has 0 N–H and O–H groups in total. The molecule has 0 atom stereocenters. The SMILES string of the molecule is O=C(c1ccccc1)c1cccc(CCCCCBr)c1. The monoisotopic (exact) mass is 330 g/mol. The highest BCUT2D eigenvalue weighted by Crippen LogP contribution is 2.14. The second-order valence-electron chi connectivity index (χ2n) is 4.90. The van der Waals surface area contributed by atoms with Gasteiger partial charge in [-0.05, 0) is 30.9 Å². The Morgan fingerprint density at radius 1 is 0.850 bits per heavy atom. The molecule has 0 unspecified atom stereocenters. The van der Waals surface area contributed by atoms with Gasteiger partial charge in [-0.15, -0.1) is 0 Å². The molecule has 20 heavy (non-hydrogen) atoms. The van der Waals surface area contributed by atoms with Crippen LogP contribution in [-0.4, -0.2) is 11.1 Å². The van der Waals surface area contributed by atoms with Crippen LogP contribution in [0.4, 0.5) is 0 Å². The van der Waals surface area contributed by atoms with Gasteiger partial charge in [0.2, 0.25) is 0 Å². The molecule has 0 radical (unpaired) electrons. The Morgan fingerprint density at radius 2 is 1.60 bits per heavy atom. The van der Waals surface area contributed by atoms with E-state index in [4.69, 9.17) is 0 Å². The molecule has 0 bridgehead atoms. The molecule has 0 aliphatic carbocycles. The summed E-state index contributed by atoms with van der Waals surface area (Å²) >= 11 is 3.45. The van der Waals surface area contributed by atoms with Crippen molar-refractivity contribution in [1.82, 2.24) is 0 Å². The van der Waals surface area contributed by atoms with Crippen molar-refractivity contribution < 1.29 is 4.79 Å². The van der Waals surface area contributed by atoms with Crippen molar-refractivity contribution in [3.8, 4) is 0 Å². The molecule has 0 aliphatic rings. The summed E-state index contributed by atoms with van der Waals surface area (Å²) in [5, 5.41) is 1.07. The first-order valence-electron chi connectivity index (χ1n) is 7.06. The molecule has 0 aliphatic heterocycles. The second kappa shape index (κ2) is 8.01. The third-order valence-electron chi connectivity index (χ3n) is 3.32. The van der Waals surface area contributed by atoms with E-state index in [1.165, 1.54) is 24.8 Å². The number of carbonyl (C=O) groups excluding carboxylic acids is 1. The summed E-state index contributed by atoms with van der Waals surface area (Å²) in [5.74, 6) is 0.105. The average Bonchev–Trinajstić information content (AvgIpc) is 2.52. The van der Waals surface area contributed by atoms with Crippen molar-refractivity contribution in [2.24, 2.45) is 0 Å². The molecule has 0 saturated heterocycles. The quantitative estimate of drug-likeness (QED) is 0.395. The van der Waals surface area contributed by atoms with Crippen LogP contribution in [0, 0.1) is 0 Å². The molecule has 0 spiro atoms. The summed E-state index contributed by atoms with van der Waals surface area (Å²) in [5.41, 5.74) is 2.79. The maximum absolute atomic E-state index is 12.4. The summed E-state index contributed by atoms with van der Waals surface area (Å²) < 4.78 is 0. The molecule has 1 nitrogen and oxygen atoms in total. The Balaban J connectivity index is 2.04. The minimum atomic E-state index is 0.105. The number of rotatable bonds is 7. The van der Waals surface area contributed by atoms with Crippen molar-refractivity contribution in [2.45, 2.75) is 25.7 Å². The fourth-order valence-electron chi connectivity index (χ4n) is 2.22. The van der Waals surface area contributed by atoms with Crippen LogP contribution in [0.2, 0.25) is 0 Å². The van der Waals surface area contributed by atoms with Crippen LogP contribution in [0.5, 0.6) is 0 Å². The Bertz CT molecular complexity index is 548. The zero-order chi connectivity index (χ0) is 14.2. The molecule has 0 fully saturated rings. The molecule has 0 saturated carbocycles. The fourth-order valence-corrected chi connectivity index (χ4v) is 2.62. The summed E-state index contributed by atoms with van der Waals surface area (Å²) in [6.07, 6.45) is 4.65. The van der Waals surface area contributed by atoms with Crippen LogP contribution >= 0.6 is 15.9 Å². The Hall–Kier alpha value is -1.41. The first-order chi connectivity index (χ1) is 9.81. The highest BCUT2D eigenvalue weighted by atomic mass is 79.9. The lowest BCUT2D eigenvalue weighted by Gasteiger charge is -2.05. The molecule has 2 heteroatoms. The molecule has 2 rings (SSSR count). The van der Waals surface area contributed by atoms with Gasteiger partial charge in [0.15, 0.2) is 5.78 Å².